The molecule has 2 rings (SSSR count). The average Bonchev–Trinajstić information content (AvgIpc) is 2.74. The van der Waals surface area contributed by atoms with E-state index in [1.807, 2.05) is 6.92 Å². The lowest BCUT2D eigenvalue weighted by Gasteiger charge is -2.04. The van der Waals surface area contributed by atoms with Crippen LogP contribution in [0.4, 0.5) is 11.5 Å². The molecule has 8 heteroatoms. The van der Waals surface area contributed by atoms with Gasteiger partial charge in [-0.15, -0.1) is 0 Å². The fraction of sp³-hybridized carbons (Fsp3) is 0.364. The molecule has 2 aromatic heterocycles. The van der Waals surface area contributed by atoms with Gasteiger partial charge in [0.2, 0.25) is 5.82 Å². The fourth-order valence-electron chi connectivity index (χ4n) is 1.80. The van der Waals surface area contributed by atoms with E-state index in [1.165, 1.54) is 4.68 Å². The molecule has 0 unspecified atom stereocenters. The third kappa shape index (κ3) is 2.67. The van der Waals surface area contributed by atoms with Gasteiger partial charge in [0, 0.05) is 13.2 Å². The topological polar surface area (TPSA) is 98.8 Å². The van der Waals surface area contributed by atoms with Gasteiger partial charge in [-0.2, -0.15) is 15.3 Å². The predicted molar refractivity (Wildman–Crippen MR) is 68.6 cm³/mol. The molecule has 100 valence electrons. The lowest BCUT2D eigenvalue weighted by molar-refractivity contribution is -0.384. The van der Waals surface area contributed by atoms with Gasteiger partial charge in [-0.05, 0) is 18.6 Å². The third-order valence-electron chi connectivity index (χ3n) is 2.67. The first-order valence-electron chi connectivity index (χ1n) is 5.84. The maximum atomic E-state index is 11.1. The van der Waals surface area contributed by atoms with Crippen molar-refractivity contribution in [3.05, 3.63) is 39.8 Å². The maximum absolute atomic E-state index is 11.1. The summed E-state index contributed by atoms with van der Waals surface area (Å²) < 4.78 is 1.48. The summed E-state index contributed by atoms with van der Waals surface area (Å²) in [4.78, 5) is 10.7. The standard InChI is InChI=1S/C11H14N6O2/c1-3-9-10(17(18)19)11(16(2)15-9)12-7-8-5-4-6-13-14-8/h4-6,12H,3,7H2,1-2H3. The second kappa shape index (κ2) is 5.42. The van der Waals surface area contributed by atoms with Gasteiger partial charge in [0.1, 0.15) is 5.69 Å². The number of nitrogens with zero attached hydrogens (tertiary/aromatic N) is 5. The van der Waals surface area contributed by atoms with E-state index in [0.717, 1.165) is 0 Å². The van der Waals surface area contributed by atoms with Crippen molar-refractivity contribution in [1.29, 1.82) is 0 Å². The summed E-state index contributed by atoms with van der Waals surface area (Å²) in [5.74, 6) is 0.382. The molecule has 0 saturated heterocycles. The van der Waals surface area contributed by atoms with Crippen LogP contribution in [0, 0.1) is 10.1 Å². The van der Waals surface area contributed by atoms with Gasteiger partial charge in [-0.25, -0.2) is 4.68 Å². The normalized spacial score (nSPS) is 10.4. The monoisotopic (exact) mass is 262 g/mol. The Morgan fingerprint density at radius 3 is 2.89 bits per heavy atom. The van der Waals surface area contributed by atoms with E-state index in [0.29, 0.717) is 30.2 Å². The molecule has 0 radical (unpaired) electrons. The third-order valence-corrected chi connectivity index (χ3v) is 2.67. The van der Waals surface area contributed by atoms with Crippen molar-refractivity contribution in [2.24, 2.45) is 7.05 Å². The SMILES string of the molecule is CCc1nn(C)c(NCc2cccnn2)c1[N+](=O)[O-]. The molecule has 0 saturated carbocycles. The van der Waals surface area contributed by atoms with Crippen LogP contribution in [0.15, 0.2) is 18.3 Å². The van der Waals surface area contributed by atoms with Crippen LogP contribution in [0.25, 0.3) is 0 Å². The Bertz CT molecular complexity index is 580. The van der Waals surface area contributed by atoms with Gasteiger partial charge in [0.15, 0.2) is 0 Å². The highest BCUT2D eigenvalue weighted by molar-refractivity contribution is 5.59. The largest absolute Gasteiger partial charge is 0.359 e. The molecular formula is C11H14N6O2. The first-order valence-corrected chi connectivity index (χ1v) is 5.84. The molecule has 2 aromatic rings. The van der Waals surface area contributed by atoms with Crippen molar-refractivity contribution >= 4 is 11.5 Å². The van der Waals surface area contributed by atoms with Crippen LogP contribution in [0.1, 0.15) is 18.3 Å². The Balaban J connectivity index is 2.25. The van der Waals surface area contributed by atoms with E-state index in [9.17, 15) is 10.1 Å². The highest BCUT2D eigenvalue weighted by Gasteiger charge is 2.25. The highest BCUT2D eigenvalue weighted by Crippen LogP contribution is 2.28. The van der Waals surface area contributed by atoms with Crippen LogP contribution >= 0.6 is 0 Å². The molecule has 1 N–H and O–H groups in total. The van der Waals surface area contributed by atoms with Crippen LogP contribution < -0.4 is 5.32 Å². The number of aryl methyl sites for hydroxylation is 2. The summed E-state index contributed by atoms with van der Waals surface area (Å²) in [5, 5.41) is 25.9. The zero-order valence-electron chi connectivity index (χ0n) is 10.7. The number of nitrogens with one attached hydrogen (secondary N) is 1. The summed E-state index contributed by atoms with van der Waals surface area (Å²) in [6.07, 6.45) is 2.09. The summed E-state index contributed by atoms with van der Waals surface area (Å²) in [5.41, 5.74) is 1.19. The van der Waals surface area contributed by atoms with E-state index < -0.39 is 4.92 Å². The van der Waals surface area contributed by atoms with Crippen molar-refractivity contribution in [3.8, 4) is 0 Å². The molecule has 0 aromatic carbocycles. The minimum atomic E-state index is -0.412. The van der Waals surface area contributed by atoms with Crippen LogP contribution in [0.3, 0.4) is 0 Å². The van der Waals surface area contributed by atoms with Crippen molar-refractivity contribution in [2.75, 3.05) is 5.32 Å². The van der Waals surface area contributed by atoms with Gasteiger partial charge in [0.05, 0.1) is 17.2 Å². The summed E-state index contributed by atoms with van der Waals surface area (Å²) in [6, 6.07) is 3.56. The smallest absolute Gasteiger partial charge is 0.333 e. The van der Waals surface area contributed by atoms with Crippen LogP contribution in [0.5, 0.6) is 0 Å². The Morgan fingerprint density at radius 1 is 1.53 bits per heavy atom. The minimum Gasteiger partial charge on any atom is -0.359 e. The molecule has 0 fully saturated rings. The summed E-state index contributed by atoms with van der Waals surface area (Å²) >= 11 is 0. The fourth-order valence-corrected chi connectivity index (χ4v) is 1.80. The van der Waals surface area contributed by atoms with Crippen molar-refractivity contribution in [1.82, 2.24) is 20.0 Å². The van der Waals surface area contributed by atoms with Gasteiger partial charge < -0.3 is 5.32 Å². The first-order chi connectivity index (χ1) is 9.13. The number of hydrogen-bond donors (Lipinski definition) is 1. The Hall–Kier alpha value is -2.51. The van der Waals surface area contributed by atoms with E-state index >= 15 is 0 Å². The number of aromatic nitrogens is 4. The van der Waals surface area contributed by atoms with Gasteiger partial charge >= 0.3 is 5.69 Å². The first kappa shape index (κ1) is 12.9. The Labute approximate surface area is 109 Å². The van der Waals surface area contributed by atoms with E-state index in [1.54, 1.807) is 25.4 Å². The molecule has 0 amide bonds. The molecule has 0 bridgehead atoms. The van der Waals surface area contributed by atoms with Crippen molar-refractivity contribution in [2.45, 2.75) is 19.9 Å². The van der Waals surface area contributed by atoms with Crippen LogP contribution in [0.2, 0.25) is 0 Å². The molecule has 19 heavy (non-hydrogen) atoms. The number of anilines is 1. The predicted octanol–water partition coefficient (Wildman–Crippen LogP) is 1.29. The van der Waals surface area contributed by atoms with E-state index in [2.05, 4.69) is 20.6 Å². The van der Waals surface area contributed by atoms with E-state index in [-0.39, 0.29) is 5.69 Å². The quantitative estimate of drug-likeness (QED) is 0.644. The molecular weight excluding hydrogens is 248 g/mol. The van der Waals surface area contributed by atoms with Gasteiger partial charge in [-0.1, -0.05) is 6.92 Å². The van der Waals surface area contributed by atoms with E-state index in [4.69, 9.17) is 0 Å². The lowest BCUT2D eigenvalue weighted by atomic mass is 10.3. The van der Waals surface area contributed by atoms with Gasteiger partial charge in [-0.3, -0.25) is 10.1 Å². The zero-order chi connectivity index (χ0) is 13.8. The lowest BCUT2D eigenvalue weighted by Crippen LogP contribution is -2.07. The maximum Gasteiger partial charge on any atom is 0.333 e. The van der Waals surface area contributed by atoms with Gasteiger partial charge in [0.25, 0.3) is 0 Å². The molecule has 8 nitrogen and oxygen atoms in total. The van der Waals surface area contributed by atoms with Crippen molar-refractivity contribution in [3.63, 3.8) is 0 Å². The number of nitro groups is 1. The molecule has 0 aliphatic rings. The average molecular weight is 262 g/mol. The number of hydrogen-bond acceptors (Lipinski definition) is 6. The zero-order valence-corrected chi connectivity index (χ0v) is 10.7. The Kier molecular flexibility index (Phi) is 3.69. The molecule has 2 heterocycles. The Morgan fingerprint density at radius 2 is 2.32 bits per heavy atom. The summed E-state index contributed by atoms with van der Waals surface area (Å²) in [7, 11) is 1.67. The van der Waals surface area contributed by atoms with Crippen LogP contribution in [-0.4, -0.2) is 24.9 Å². The molecule has 0 aliphatic heterocycles. The molecule has 0 spiro atoms. The second-order valence-corrected chi connectivity index (χ2v) is 3.95. The molecule has 0 aliphatic carbocycles. The second-order valence-electron chi connectivity index (χ2n) is 3.95. The highest BCUT2D eigenvalue weighted by atomic mass is 16.6. The molecule has 0 atom stereocenters. The summed E-state index contributed by atoms with van der Waals surface area (Å²) in [6.45, 7) is 2.19. The minimum absolute atomic E-state index is 0.0221. The van der Waals surface area contributed by atoms with Crippen LogP contribution in [-0.2, 0) is 20.0 Å². The van der Waals surface area contributed by atoms with Crippen molar-refractivity contribution < 1.29 is 4.92 Å². The number of rotatable bonds is 5.